The molecule has 0 unspecified atom stereocenters. The zero-order valence-corrected chi connectivity index (χ0v) is 23.5. The first kappa shape index (κ1) is 35.3. The highest BCUT2D eigenvalue weighted by atomic mass is 19.2. The molecule has 43 heavy (non-hydrogen) atoms. The third-order valence-corrected chi connectivity index (χ3v) is 5.76. The van der Waals surface area contributed by atoms with Gasteiger partial charge in [-0.3, -0.25) is 24.0 Å². The molecule has 0 aliphatic carbocycles. The summed E-state index contributed by atoms with van der Waals surface area (Å²) in [6, 6.07) is -1.18. The summed E-state index contributed by atoms with van der Waals surface area (Å²) in [4.78, 5) is 58.9. The van der Waals surface area contributed by atoms with Crippen LogP contribution in [0, 0.1) is 29.1 Å². The van der Waals surface area contributed by atoms with Crippen molar-refractivity contribution in [3.05, 3.63) is 29.1 Å². The third-order valence-electron chi connectivity index (χ3n) is 5.76. The lowest BCUT2D eigenvalue weighted by Gasteiger charge is -2.44. The van der Waals surface area contributed by atoms with Crippen molar-refractivity contribution in [2.75, 3.05) is 13.2 Å². The molecule has 1 amide bonds. The van der Waals surface area contributed by atoms with Crippen LogP contribution in [-0.4, -0.2) is 73.6 Å². The molecule has 1 aromatic rings. The maximum Gasteiger partial charge on any atom is 0.311 e. The first-order valence-electron chi connectivity index (χ1n) is 12.9. The second kappa shape index (κ2) is 16.1. The highest BCUT2D eigenvalue weighted by Crippen LogP contribution is 2.30. The van der Waals surface area contributed by atoms with E-state index in [9.17, 15) is 45.9 Å². The Morgan fingerprint density at radius 3 is 1.84 bits per heavy atom. The Morgan fingerprint density at radius 2 is 1.30 bits per heavy atom. The molecule has 1 fully saturated rings. The van der Waals surface area contributed by atoms with E-state index in [4.69, 9.17) is 23.7 Å². The first-order valence-corrected chi connectivity index (χ1v) is 12.9. The van der Waals surface area contributed by atoms with Crippen molar-refractivity contribution in [3.8, 4) is 5.75 Å². The van der Waals surface area contributed by atoms with Gasteiger partial charge >= 0.3 is 23.9 Å². The molecule has 2 rings (SSSR count). The quantitative estimate of drug-likeness (QED) is 0.0653. The molecule has 17 heteroatoms. The Kier molecular flexibility index (Phi) is 13.2. The van der Waals surface area contributed by atoms with E-state index < -0.39 is 108 Å². The first-order chi connectivity index (χ1) is 20.1. The van der Waals surface area contributed by atoms with Gasteiger partial charge in [-0.15, -0.1) is 0 Å². The molecule has 12 nitrogen and oxygen atoms in total. The number of hydrogen-bond donors (Lipinski definition) is 1. The lowest BCUT2D eigenvalue weighted by molar-refractivity contribution is -0.277. The molecular formula is C26H30F5NO11. The molecule has 1 N–H and O–H groups in total. The van der Waals surface area contributed by atoms with Crippen molar-refractivity contribution in [1.29, 1.82) is 0 Å². The van der Waals surface area contributed by atoms with E-state index in [1.165, 1.54) is 6.92 Å². The van der Waals surface area contributed by atoms with Gasteiger partial charge < -0.3 is 33.7 Å². The van der Waals surface area contributed by atoms with E-state index in [1.807, 2.05) is 0 Å². The molecule has 0 bridgehead atoms. The average Bonchev–Trinajstić information content (AvgIpc) is 2.91. The van der Waals surface area contributed by atoms with E-state index >= 15 is 0 Å². The zero-order valence-electron chi connectivity index (χ0n) is 23.5. The van der Waals surface area contributed by atoms with Gasteiger partial charge in [0.05, 0.1) is 0 Å². The summed E-state index contributed by atoms with van der Waals surface area (Å²) >= 11 is 0. The van der Waals surface area contributed by atoms with Gasteiger partial charge in [0.15, 0.2) is 18.5 Å². The van der Waals surface area contributed by atoms with Gasteiger partial charge in [0.2, 0.25) is 40.7 Å². The zero-order chi connectivity index (χ0) is 32.4. The minimum Gasteiger partial charge on any atom is -0.463 e. The summed E-state index contributed by atoms with van der Waals surface area (Å²) in [5.41, 5.74) is 0. The number of hydrogen-bond acceptors (Lipinski definition) is 11. The molecule has 1 aliphatic heterocycles. The van der Waals surface area contributed by atoms with Gasteiger partial charge in [-0.05, 0) is 12.8 Å². The van der Waals surface area contributed by atoms with Crippen molar-refractivity contribution in [2.45, 2.75) is 84.0 Å². The number of ether oxygens (including phenoxy) is 6. The third kappa shape index (κ3) is 10.1. The van der Waals surface area contributed by atoms with E-state index in [2.05, 4.69) is 10.1 Å². The van der Waals surface area contributed by atoms with Crippen LogP contribution >= 0.6 is 0 Å². The molecule has 0 radical (unpaired) electrons. The Morgan fingerprint density at radius 1 is 0.744 bits per heavy atom. The standard InChI is InChI=1S/C26H30F5NO11/c1-11(33)32-22-25(41-14(4)36)23(40-13(3)35)15(10-39-12(2)34)42-26(22)38-9-7-5-6-8-16(37)43-24-20(30)18(28)17(27)19(29)21(24)31/h15,22-23,25-26H,5-10H2,1-4H3,(H,32,33)/t15-,22-,23+,25-,26-/m1/s1. The number of nitrogens with one attached hydrogen (secondary N) is 1. The fourth-order valence-electron chi connectivity index (χ4n) is 4.02. The Labute approximate surface area is 242 Å². The molecular weight excluding hydrogens is 597 g/mol. The number of carbonyl (C=O) groups is 5. The van der Waals surface area contributed by atoms with Crippen molar-refractivity contribution in [2.24, 2.45) is 0 Å². The monoisotopic (exact) mass is 627 g/mol. The van der Waals surface area contributed by atoms with Crippen LogP contribution in [0.2, 0.25) is 0 Å². The van der Waals surface area contributed by atoms with Gasteiger partial charge in [-0.25, -0.2) is 13.2 Å². The van der Waals surface area contributed by atoms with E-state index in [0.717, 1.165) is 20.8 Å². The second-order valence-electron chi connectivity index (χ2n) is 9.27. The number of carbonyl (C=O) groups excluding carboxylic acids is 5. The Bertz CT molecular complexity index is 1190. The maximum atomic E-state index is 13.7. The minimum atomic E-state index is -2.39. The van der Waals surface area contributed by atoms with Crippen LogP contribution in [0.4, 0.5) is 22.0 Å². The summed E-state index contributed by atoms with van der Waals surface area (Å²) in [5, 5.41) is 2.52. The number of benzene rings is 1. The minimum absolute atomic E-state index is 0.0535. The number of amides is 1. The predicted molar refractivity (Wildman–Crippen MR) is 130 cm³/mol. The van der Waals surface area contributed by atoms with E-state index in [1.54, 1.807) is 0 Å². The molecule has 0 saturated carbocycles. The van der Waals surface area contributed by atoms with Gasteiger partial charge in [0, 0.05) is 40.7 Å². The number of esters is 4. The van der Waals surface area contributed by atoms with Crippen LogP contribution < -0.4 is 10.1 Å². The van der Waals surface area contributed by atoms with Gasteiger partial charge in [0.1, 0.15) is 18.8 Å². The number of halogens is 5. The molecule has 240 valence electrons. The Hall–Kier alpha value is -3.86. The van der Waals surface area contributed by atoms with Crippen LogP contribution in [0.5, 0.6) is 5.75 Å². The number of rotatable bonds is 13. The summed E-state index contributed by atoms with van der Waals surface area (Å²) in [6.07, 6.45) is -5.03. The van der Waals surface area contributed by atoms with Crippen LogP contribution in [0.15, 0.2) is 0 Å². The van der Waals surface area contributed by atoms with Crippen LogP contribution in [0.3, 0.4) is 0 Å². The fourth-order valence-corrected chi connectivity index (χ4v) is 4.02. The van der Waals surface area contributed by atoms with Crippen molar-refractivity contribution < 1.29 is 74.3 Å². The Balaban J connectivity index is 2.03. The summed E-state index contributed by atoms with van der Waals surface area (Å²) in [6.45, 7) is 3.95. The molecule has 1 aromatic carbocycles. The smallest absolute Gasteiger partial charge is 0.311 e. The van der Waals surface area contributed by atoms with Crippen molar-refractivity contribution >= 4 is 29.8 Å². The second-order valence-corrected chi connectivity index (χ2v) is 9.27. The highest BCUT2D eigenvalue weighted by Gasteiger charge is 2.51. The van der Waals surface area contributed by atoms with Crippen molar-refractivity contribution in [1.82, 2.24) is 5.32 Å². The lowest BCUT2D eigenvalue weighted by Crippen LogP contribution is -2.66. The highest BCUT2D eigenvalue weighted by molar-refractivity contribution is 5.74. The fraction of sp³-hybridized carbons (Fsp3) is 0.577. The maximum absolute atomic E-state index is 13.7. The number of unbranched alkanes of at least 4 members (excludes halogenated alkanes) is 2. The molecule has 0 aromatic heterocycles. The summed E-state index contributed by atoms with van der Waals surface area (Å²) in [5.74, 6) is -17.3. The van der Waals surface area contributed by atoms with Crippen LogP contribution in [0.25, 0.3) is 0 Å². The van der Waals surface area contributed by atoms with Crippen LogP contribution in [-0.2, 0) is 47.7 Å². The van der Waals surface area contributed by atoms with Gasteiger partial charge in [-0.2, -0.15) is 8.78 Å². The van der Waals surface area contributed by atoms with E-state index in [-0.39, 0.29) is 25.9 Å². The topological polar surface area (TPSA) is 153 Å². The largest absolute Gasteiger partial charge is 0.463 e. The predicted octanol–water partition coefficient (Wildman–Crippen LogP) is 2.52. The lowest BCUT2D eigenvalue weighted by atomic mass is 9.96. The van der Waals surface area contributed by atoms with Gasteiger partial charge in [0.25, 0.3) is 0 Å². The van der Waals surface area contributed by atoms with Crippen LogP contribution in [0.1, 0.15) is 53.4 Å². The SMILES string of the molecule is CC(=O)N[C@H]1[C@H](OCCCCCC(=O)Oc2c(F)c(F)c(F)c(F)c2F)O[C@H](COC(C)=O)[C@H](OC(C)=O)[C@@H]1OC(C)=O. The normalized spacial score (nSPS) is 21.5. The molecule has 5 atom stereocenters. The molecule has 1 heterocycles. The average molecular weight is 628 g/mol. The summed E-state index contributed by atoms with van der Waals surface area (Å²) in [7, 11) is 0. The van der Waals surface area contributed by atoms with E-state index in [0.29, 0.717) is 0 Å². The molecule has 0 spiro atoms. The summed E-state index contributed by atoms with van der Waals surface area (Å²) < 4.78 is 98.6. The van der Waals surface area contributed by atoms with Gasteiger partial charge in [-0.1, -0.05) is 6.42 Å². The molecule has 1 aliphatic rings. The molecule has 1 saturated heterocycles. The van der Waals surface area contributed by atoms with Crippen molar-refractivity contribution in [3.63, 3.8) is 0 Å².